The third-order valence-electron chi connectivity index (χ3n) is 10.6. The normalized spacial score (nSPS) is 29.8. The fourth-order valence-electron chi connectivity index (χ4n) is 7.32. The SMILES string of the molecule is COc1cc2cc(c1Cl)N(C)C(=O)C[C@H](OC(=O)[C@H](C)N(C)C(=O)CCSSc1ccccn1)[C@@]1(C)CC(C)(O1)[C@@H]1C[C@@](O)(NC(=O)O1)[C@H](OC)/C=C/C=C(\C)C2. The van der Waals surface area contributed by atoms with Crippen LogP contribution in [-0.4, -0.2) is 114 Å². The minimum atomic E-state index is -1.86. The zero-order valence-electron chi connectivity index (χ0n) is 33.4. The summed E-state index contributed by atoms with van der Waals surface area (Å²) in [6.45, 7) is 6.92. The molecule has 310 valence electrons. The summed E-state index contributed by atoms with van der Waals surface area (Å²) in [5.41, 5.74) is -2.17. The lowest BCUT2D eigenvalue weighted by Gasteiger charge is -2.59. The molecule has 2 N–H and O–H groups in total. The van der Waals surface area contributed by atoms with Gasteiger partial charge in [-0.3, -0.25) is 14.9 Å². The van der Waals surface area contributed by atoms with E-state index in [9.17, 15) is 24.3 Å². The molecular weight excluding hydrogens is 796 g/mol. The van der Waals surface area contributed by atoms with Gasteiger partial charge in [-0.1, -0.05) is 52.3 Å². The molecule has 2 aromatic rings. The Morgan fingerprint density at radius 2 is 1.95 bits per heavy atom. The van der Waals surface area contributed by atoms with Crippen LogP contribution in [0.1, 0.15) is 58.9 Å². The number of pyridine rings is 1. The van der Waals surface area contributed by atoms with E-state index in [4.69, 9.17) is 35.3 Å². The Morgan fingerprint density at radius 1 is 1.21 bits per heavy atom. The zero-order chi connectivity index (χ0) is 41.7. The Labute approximate surface area is 346 Å². The second-order valence-electron chi connectivity index (χ2n) is 15.0. The topological polar surface area (TPSA) is 166 Å². The highest BCUT2D eigenvalue weighted by Crippen LogP contribution is 2.50. The van der Waals surface area contributed by atoms with E-state index in [-0.39, 0.29) is 36.6 Å². The van der Waals surface area contributed by atoms with Crippen LogP contribution in [0.3, 0.4) is 0 Å². The number of alkyl carbamates (subject to hydrolysis) is 1. The molecule has 57 heavy (non-hydrogen) atoms. The molecule has 2 fully saturated rings. The molecule has 0 aliphatic carbocycles. The van der Waals surface area contributed by atoms with Gasteiger partial charge in [0.25, 0.3) is 0 Å². The summed E-state index contributed by atoms with van der Waals surface area (Å²) < 4.78 is 29.6. The number of nitrogens with one attached hydrogen (secondary N) is 1. The number of fused-ring (bicyclic) bond motifs is 6. The van der Waals surface area contributed by atoms with Gasteiger partial charge in [-0.05, 0) is 74.7 Å². The number of anilines is 1. The molecule has 7 atom stereocenters. The van der Waals surface area contributed by atoms with Crippen LogP contribution in [0.4, 0.5) is 10.5 Å². The second kappa shape index (κ2) is 18.4. The molecule has 0 spiro atoms. The Kier molecular flexibility index (Phi) is 14.3. The molecule has 0 saturated carbocycles. The van der Waals surface area contributed by atoms with Crippen molar-refractivity contribution >= 4 is 62.8 Å². The number of amides is 3. The number of carbonyl (C=O) groups excluding carboxylic acids is 4. The van der Waals surface area contributed by atoms with Crippen molar-refractivity contribution in [2.45, 2.75) is 106 Å². The molecule has 1 aromatic heterocycles. The minimum Gasteiger partial charge on any atom is -0.495 e. The summed E-state index contributed by atoms with van der Waals surface area (Å²) in [7, 11) is 8.96. The van der Waals surface area contributed by atoms with Gasteiger partial charge in [-0.15, -0.1) is 0 Å². The Hall–Kier alpha value is -3.80. The number of aromatic nitrogens is 1. The second-order valence-corrected chi connectivity index (χ2v) is 17.8. The van der Waals surface area contributed by atoms with E-state index in [0.717, 1.165) is 16.2 Å². The number of allylic oxidation sites excluding steroid dienone is 3. The van der Waals surface area contributed by atoms with E-state index < -0.39 is 59.3 Å². The Balaban J connectivity index is 1.43. The number of esters is 1. The summed E-state index contributed by atoms with van der Waals surface area (Å²) in [4.78, 5) is 61.1. The number of benzene rings is 1. The van der Waals surface area contributed by atoms with E-state index in [0.29, 0.717) is 23.6 Å². The quantitative estimate of drug-likeness (QED) is 0.166. The van der Waals surface area contributed by atoms with Crippen molar-refractivity contribution in [1.29, 1.82) is 0 Å². The fourth-order valence-corrected chi connectivity index (χ4v) is 9.49. The van der Waals surface area contributed by atoms with E-state index in [1.807, 2.05) is 31.2 Å². The van der Waals surface area contributed by atoms with Gasteiger partial charge in [0, 0.05) is 52.4 Å². The highest BCUT2D eigenvalue weighted by atomic mass is 35.5. The van der Waals surface area contributed by atoms with Gasteiger partial charge in [0.1, 0.15) is 51.4 Å². The number of aliphatic hydroxyl groups is 1. The van der Waals surface area contributed by atoms with Gasteiger partial charge in [-0.2, -0.15) is 0 Å². The minimum absolute atomic E-state index is 0.101. The number of hydrogen-bond acceptors (Lipinski definition) is 13. The number of ether oxygens (including phenoxy) is 5. The first-order chi connectivity index (χ1) is 26.9. The first-order valence-corrected chi connectivity index (χ1v) is 21.2. The maximum atomic E-state index is 14.2. The van der Waals surface area contributed by atoms with Gasteiger partial charge >= 0.3 is 12.1 Å². The smallest absolute Gasteiger partial charge is 0.409 e. The van der Waals surface area contributed by atoms with Crippen LogP contribution in [0.5, 0.6) is 5.75 Å². The number of nitrogens with zero attached hydrogens (tertiary/aromatic N) is 3. The van der Waals surface area contributed by atoms with Gasteiger partial charge in [0.05, 0.1) is 19.2 Å². The predicted molar refractivity (Wildman–Crippen MR) is 218 cm³/mol. The molecule has 14 nitrogen and oxygen atoms in total. The summed E-state index contributed by atoms with van der Waals surface area (Å²) in [5, 5.41) is 15.3. The molecule has 4 aliphatic rings. The highest BCUT2D eigenvalue weighted by molar-refractivity contribution is 8.76. The summed E-state index contributed by atoms with van der Waals surface area (Å²) in [6, 6.07) is 8.18. The number of likely N-dealkylation sites (N-methyl/N-ethyl adjacent to an activating group) is 1. The van der Waals surface area contributed by atoms with Crippen molar-refractivity contribution in [2.75, 3.05) is 39.0 Å². The van der Waals surface area contributed by atoms with Crippen molar-refractivity contribution < 1.29 is 48.0 Å². The Morgan fingerprint density at radius 3 is 2.61 bits per heavy atom. The number of halogens is 1. The lowest BCUT2D eigenvalue weighted by Crippen LogP contribution is -2.72. The molecule has 5 heterocycles. The number of rotatable bonds is 10. The predicted octanol–water partition coefficient (Wildman–Crippen LogP) is 5.88. The molecular formula is C40H51ClN4O10S2. The van der Waals surface area contributed by atoms with Crippen LogP contribution in [0.25, 0.3) is 0 Å². The fraction of sp³-hybridized carbons (Fsp3) is 0.525. The maximum absolute atomic E-state index is 14.2. The average molecular weight is 847 g/mol. The van der Waals surface area contributed by atoms with Crippen LogP contribution >= 0.6 is 33.2 Å². The summed E-state index contributed by atoms with van der Waals surface area (Å²) >= 11 is 6.78. The standard InChI is InChI=1S/C40H51ClN4O10S2/c1-24-12-11-13-29(52-8)40(50)22-31(54-37(49)43-40)39(4)23-38(3,55-39)30(21-34(47)45(6)27-19-26(18-24)20-28(51-7)35(27)41)53-36(48)25(2)44(5)33(46)15-17-56-57-32-14-9-10-16-42-32/h9-14,16,19-20,25,29-31,50H,15,17-18,21-23H2,1-8H3,(H,43,49)/b13-11+,24-12+/t25-,29+,30-,31-,38+,39?,40-/m0/s1. The van der Waals surface area contributed by atoms with Crippen molar-refractivity contribution in [2.24, 2.45) is 0 Å². The molecule has 1 aromatic carbocycles. The largest absolute Gasteiger partial charge is 0.495 e. The third-order valence-corrected chi connectivity index (χ3v) is 13.3. The van der Waals surface area contributed by atoms with Crippen LogP contribution in [0, 0.1) is 0 Å². The maximum Gasteiger partial charge on any atom is 0.409 e. The molecule has 6 bridgehead atoms. The van der Waals surface area contributed by atoms with Crippen LogP contribution < -0.4 is 15.0 Å². The van der Waals surface area contributed by atoms with Crippen molar-refractivity contribution in [3.63, 3.8) is 0 Å². The van der Waals surface area contributed by atoms with E-state index >= 15 is 0 Å². The van der Waals surface area contributed by atoms with E-state index in [1.54, 1.807) is 58.3 Å². The van der Waals surface area contributed by atoms with Crippen molar-refractivity contribution in [3.8, 4) is 5.75 Å². The van der Waals surface area contributed by atoms with E-state index in [1.165, 1.54) is 52.7 Å². The molecule has 1 unspecified atom stereocenters. The Bertz CT molecular complexity index is 1880. The van der Waals surface area contributed by atoms with Gasteiger partial charge in [0.2, 0.25) is 11.8 Å². The highest BCUT2D eigenvalue weighted by Gasteiger charge is 2.63. The lowest BCUT2D eigenvalue weighted by atomic mass is 9.72. The number of carbonyl (C=O) groups is 4. The first kappa shape index (κ1) is 44.3. The lowest BCUT2D eigenvalue weighted by molar-refractivity contribution is -0.328. The van der Waals surface area contributed by atoms with Crippen molar-refractivity contribution in [3.05, 3.63) is 70.9 Å². The summed E-state index contributed by atoms with van der Waals surface area (Å²) in [6.07, 6.45) is 3.37. The van der Waals surface area contributed by atoms with Gasteiger partial charge in [-0.25, -0.2) is 14.6 Å². The van der Waals surface area contributed by atoms with Gasteiger partial charge < -0.3 is 38.6 Å². The molecule has 3 amide bonds. The summed E-state index contributed by atoms with van der Waals surface area (Å²) in [5.74, 6) is -0.583. The molecule has 0 radical (unpaired) electrons. The first-order valence-electron chi connectivity index (χ1n) is 18.5. The number of methoxy groups -OCH3 is 2. The molecule has 17 heteroatoms. The van der Waals surface area contributed by atoms with Crippen LogP contribution in [0.2, 0.25) is 5.02 Å². The van der Waals surface area contributed by atoms with Crippen LogP contribution in [0.15, 0.2) is 65.4 Å². The average Bonchev–Trinajstić information content (AvgIpc) is 3.16. The zero-order valence-corrected chi connectivity index (χ0v) is 35.8. The molecule has 6 rings (SSSR count). The van der Waals surface area contributed by atoms with E-state index in [2.05, 4.69) is 10.3 Å². The van der Waals surface area contributed by atoms with Crippen LogP contribution in [-0.2, 0) is 39.8 Å². The number of hydrogen-bond donors (Lipinski definition) is 2. The molecule has 4 aliphatic heterocycles. The van der Waals surface area contributed by atoms with Crippen molar-refractivity contribution in [1.82, 2.24) is 15.2 Å². The monoisotopic (exact) mass is 846 g/mol. The third kappa shape index (κ3) is 10.3. The van der Waals surface area contributed by atoms with Gasteiger partial charge in [0.15, 0.2) is 5.72 Å². The molecule has 2 saturated heterocycles.